The molecular formula is C30H12N8. The molecule has 0 unspecified atom stereocenters. The molecular weight excluding hydrogens is 472 g/mol. The van der Waals surface area contributed by atoms with Gasteiger partial charge in [-0.3, -0.25) is 9.97 Å². The van der Waals surface area contributed by atoms with E-state index in [1.54, 1.807) is 49.1 Å². The normalized spacial score (nSPS) is 12.7. The summed E-state index contributed by atoms with van der Waals surface area (Å²) >= 11 is 0. The predicted molar refractivity (Wildman–Crippen MR) is 137 cm³/mol. The lowest BCUT2D eigenvalue weighted by Gasteiger charge is -2.16. The fraction of sp³-hybridized carbons (Fsp3) is 0.0667. The number of hydrogen-bond donors (Lipinski definition) is 0. The third-order valence-corrected chi connectivity index (χ3v) is 6.66. The molecule has 0 bridgehead atoms. The zero-order valence-corrected chi connectivity index (χ0v) is 19.6. The Hall–Kier alpha value is -6.32. The van der Waals surface area contributed by atoms with Crippen molar-refractivity contribution in [3.63, 3.8) is 0 Å². The summed E-state index contributed by atoms with van der Waals surface area (Å²) in [5.74, 6) is -0.171. The van der Waals surface area contributed by atoms with Crippen molar-refractivity contribution in [2.24, 2.45) is 0 Å². The first-order valence-electron chi connectivity index (χ1n) is 11.2. The molecule has 2 aromatic heterocycles. The molecule has 1 aromatic carbocycles. The number of nitrogens with zero attached hydrogens (tertiary/aromatic N) is 8. The Morgan fingerprint density at radius 2 is 1.24 bits per heavy atom. The zero-order valence-electron chi connectivity index (χ0n) is 19.6. The molecule has 38 heavy (non-hydrogen) atoms. The quantitative estimate of drug-likeness (QED) is 0.403. The van der Waals surface area contributed by atoms with Crippen LogP contribution in [0, 0.1) is 53.7 Å². The highest BCUT2D eigenvalue weighted by Crippen LogP contribution is 2.39. The molecule has 0 aliphatic heterocycles. The minimum atomic E-state index is -0.171. The Bertz CT molecular complexity index is 1830. The molecule has 0 saturated carbocycles. The number of hydrogen-bond acceptors (Lipinski definition) is 5. The van der Waals surface area contributed by atoms with Crippen LogP contribution in [-0.4, -0.2) is 9.97 Å². The maximum Gasteiger partial charge on any atom is 0.512 e. The van der Waals surface area contributed by atoms with Gasteiger partial charge >= 0.3 is 5.82 Å². The molecule has 8 heteroatoms. The molecule has 0 fully saturated rings. The molecule has 2 aliphatic carbocycles. The van der Waals surface area contributed by atoms with Crippen LogP contribution in [0.1, 0.15) is 11.1 Å². The minimum absolute atomic E-state index is 0.139. The number of allylic oxidation sites excluding steroid dienone is 2. The maximum atomic E-state index is 10.3. The van der Waals surface area contributed by atoms with E-state index in [0.29, 0.717) is 43.8 Å². The van der Waals surface area contributed by atoms with Gasteiger partial charge in [0.15, 0.2) is 5.70 Å². The van der Waals surface area contributed by atoms with Gasteiger partial charge in [-0.25, -0.2) is 4.85 Å². The standard InChI is InChI=1S/C30H12N8/c1-34-29-23(30(35-2)36-3)13-22-25(17-4-8-37-9-5-17)27-21(12-20(24(27)16-33)19(14-31)15-32)26(28(22)29)18-6-10-38-11-7-18/h4-11H,12-13H2. The van der Waals surface area contributed by atoms with E-state index in [9.17, 15) is 15.8 Å². The van der Waals surface area contributed by atoms with E-state index in [4.69, 9.17) is 19.7 Å². The van der Waals surface area contributed by atoms with Crippen LogP contribution in [0.25, 0.3) is 48.1 Å². The number of pyridine rings is 2. The summed E-state index contributed by atoms with van der Waals surface area (Å²) in [6.07, 6.45) is 6.77. The molecule has 0 radical (unpaired) electrons. The van der Waals surface area contributed by atoms with Gasteiger partial charge in [0, 0.05) is 42.0 Å². The Labute approximate surface area is 217 Å². The van der Waals surface area contributed by atoms with E-state index in [-0.39, 0.29) is 35.5 Å². The molecule has 0 N–H and O–H groups in total. The highest BCUT2D eigenvalue weighted by Gasteiger charge is 2.35. The van der Waals surface area contributed by atoms with Gasteiger partial charge in [-0.2, -0.15) is 25.5 Å². The number of benzene rings is 1. The van der Waals surface area contributed by atoms with Crippen molar-refractivity contribution in [2.45, 2.75) is 12.8 Å². The first kappa shape index (κ1) is 23.4. The molecule has 172 valence electrons. The lowest BCUT2D eigenvalue weighted by Crippen LogP contribution is -2.24. The van der Waals surface area contributed by atoms with Crippen molar-refractivity contribution in [3.05, 3.63) is 127 Å². The van der Waals surface area contributed by atoms with Gasteiger partial charge in [0.2, 0.25) is 0 Å². The van der Waals surface area contributed by atoms with E-state index < -0.39 is 0 Å². The van der Waals surface area contributed by atoms with E-state index in [1.807, 2.05) is 12.1 Å². The molecule has 2 aliphatic rings. The summed E-state index contributed by atoms with van der Waals surface area (Å²) in [4.78, 5) is 18.8. The Kier molecular flexibility index (Phi) is 5.78. The fourth-order valence-corrected chi connectivity index (χ4v) is 5.21. The second-order valence-electron chi connectivity index (χ2n) is 8.33. The Balaban J connectivity index is 2.15. The predicted octanol–water partition coefficient (Wildman–Crippen LogP) is 4.02. The fourth-order valence-electron chi connectivity index (χ4n) is 5.21. The number of nitriles is 3. The summed E-state index contributed by atoms with van der Waals surface area (Å²) in [6.45, 7) is 23.1. The van der Waals surface area contributed by atoms with Crippen molar-refractivity contribution in [3.8, 4) is 40.5 Å². The lowest BCUT2D eigenvalue weighted by molar-refractivity contribution is 1.18. The second kappa shape index (κ2) is 9.38. The molecule has 0 spiro atoms. The van der Waals surface area contributed by atoms with Gasteiger partial charge < -0.3 is 0 Å². The van der Waals surface area contributed by atoms with Gasteiger partial charge in [-0.1, -0.05) is 0 Å². The van der Waals surface area contributed by atoms with Gasteiger partial charge in [-0.05, 0) is 69.3 Å². The topological polar surface area (TPSA) is 110 Å². The van der Waals surface area contributed by atoms with Crippen LogP contribution in [0.2, 0.25) is 0 Å². The molecule has 8 nitrogen and oxygen atoms in total. The third kappa shape index (κ3) is 3.33. The van der Waals surface area contributed by atoms with E-state index in [0.717, 1.165) is 11.1 Å². The summed E-state index contributed by atoms with van der Waals surface area (Å²) in [7, 11) is 0. The number of fused-ring (bicyclic) bond motifs is 2. The maximum absolute atomic E-state index is 10.3. The summed E-state index contributed by atoms with van der Waals surface area (Å²) < 4.78 is 0. The van der Waals surface area contributed by atoms with Crippen molar-refractivity contribution in [1.29, 1.82) is 15.8 Å². The van der Waals surface area contributed by atoms with E-state index in [1.165, 1.54) is 0 Å². The smallest absolute Gasteiger partial charge is 0.265 e. The number of rotatable bonds is 2. The molecule has 0 saturated heterocycles. The Morgan fingerprint density at radius 3 is 1.71 bits per heavy atom. The van der Waals surface area contributed by atoms with Gasteiger partial charge in [-0.15, -0.1) is 0 Å². The van der Waals surface area contributed by atoms with Crippen molar-refractivity contribution in [1.82, 2.24) is 9.97 Å². The average molecular weight is 484 g/mol. The second-order valence-corrected chi connectivity index (χ2v) is 8.33. The third-order valence-electron chi connectivity index (χ3n) is 6.66. The van der Waals surface area contributed by atoms with Crippen LogP contribution in [-0.2, 0) is 12.8 Å². The van der Waals surface area contributed by atoms with Crippen LogP contribution in [0.15, 0.2) is 71.6 Å². The summed E-state index contributed by atoms with van der Waals surface area (Å²) in [5.41, 5.74) is 5.19. The highest BCUT2D eigenvalue weighted by molar-refractivity contribution is 5.95. The SMILES string of the molecule is [C-]#[N+]C([N+]#[C-])=C1Cc2c(-c3ccncc3)c3c(c(-c4ccncc4)c2=C1[N+]#[C-])CC(=C(C#N)C#N)C=3C#N. The zero-order chi connectivity index (χ0) is 26.8. The van der Waals surface area contributed by atoms with Crippen molar-refractivity contribution in [2.75, 3.05) is 0 Å². The van der Waals surface area contributed by atoms with Gasteiger partial charge in [0.1, 0.15) is 36.9 Å². The average Bonchev–Trinajstić information content (AvgIpc) is 3.52. The first-order valence-corrected chi connectivity index (χ1v) is 11.2. The largest absolute Gasteiger partial charge is 0.512 e. The summed E-state index contributed by atoms with van der Waals surface area (Å²) in [6, 6.07) is 13.2. The molecule has 5 rings (SSSR count). The van der Waals surface area contributed by atoms with Crippen LogP contribution in [0.4, 0.5) is 0 Å². The van der Waals surface area contributed by atoms with E-state index >= 15 is 0 Å². The van der Waals surface area contributed by atoms with Gasteiger partial charge in [0.05, 0.1) is 17.7 Å². The van der Waals surface area contributed by atoms with E-state index in [2.05, 4.69) is 30.6 Å². The summed E-state index contributed by atoms with van der Waals surface area (Å²) in [5, 5.41) is 30.8. The minimum Gasteiger partial charge on any atom is -0.265 e. The molecule has 0 amide bonds. The van der Waals surface area contributed by atoms with Crippen LogP contribution in [0.5, 0.6) is 0 Å². The Morgan fingerprint density at radius 1 is 0.737 bits per heavy atom. The monoisotopic (exact) mass is 484 g/mol. The number of aromatic nitrogens is 2. The van der Waals surface area contributed by atoms with Crippen molar-refractivity contribution < 1.29 is 0 Å². The molecule has 2 heterocycles. The molecule has 0 atom stereocenters. The highest BCUT2D eigenvalue weighted by atomic mass is 14.9. The lowest BCUT2D eigenvalue weighted by atomic mass is 9.87. The first-order chi connectivity index (χ1) is 18.6. The van der Waals surface area contributed by atoms with Crippen LogP contribution >= 0.6 is 0 Å². The van der Waals surface area contributed by atoms with Gasteiger partial charge in [0.25, 0.3) is 0 Å². The van der Waals surface area contributed by atoms with Crippen LogP contribution in [0.3, 0.4) is 0 Å². The van der Waals surface area contributed by atoms with Crippen LogP contribution < -0.4 is 10.4 Å². The molecule has 3 aromatic rings. The van der Waals surface area contributed by atoms with Crippen molar-refractivity contribution >= 4 is 11.3 Å².